The highest BCUT2D eigenvalue weighted by Crippen LogP contribution is 2.26. The topological polar surface area (TPSA) is 69.6 Å². The molecule has 19 heavy (non-hydrogen) atoms. The molecule has 2 N–H and O–H groups in total. The van der Waals surface area contributed by atoms with Gasteiger partial charge in [0.05, 0.1) is 10.7 Å². The molecule has 0 spiro atoms. The second kappa shape index (κ2) is 6.02. The van der Waals surface area contributed by atoms with Gasteiger partial charge in [-0.25, -0.2) is 4.68 Å². The number of benzene rings is 1. The van der Waals surface area contributed by atoms with Crippen molar-refractivity contribution in [1.82, 2.24) is 20.2 Å². The zero-order valence-corrected chi connectivity index (χ0v) is 11.9. The van der Waals surface area contributed by atoms with Crippen LogP contribution >= 0.6 is 11.6 Å². The molecular formula is C13H18ClN5. The van der Waals surface area contributed by atoms with E-state index in [1.54, 1.807) is 12.1 Å². The lowest BCUT2D eigenvalue weighted by Crippen LogP contribution is -2.12. The summed E-state index contributed by atoms with van der Waals surface area (Å²) in [7, 11) is 0. The Morgan fingerprint density at radius 3 is 2.68 bits per heavy atom. The summed E-state index contributed by atoms with van der Waals surface area (Å²) < 4.78 is 1.83. The van der Waals surface area contributed by atoms with Gasteiger partial charge in [-0.1, -0.05) is 38.3 Å². The van der Waals surface area contributed by atoms with Crippen molar-refractivity contribution in [3.63, 3.8) is 0 Å². The van der Waals surface area contributed by atoms with Crippen LogP contribution < -0.4 is 5.73 Å². The van der Waals surface area contributed by atoms with Gasteiger partial charge in [0.2, 0.25) is 0 Å². The van der Waals surface area contributed by atoms with Crippen LogP contribution in [0, 0.1) is 5.92 Å². The Kier molecular flexibility index (Phi) is 4.37. The van der Waals surface area contributed by atoms with Gasteiger partial charge < -0.3 is 5.73 Å². The van der Waals surface area contributed by atoms with Gasteiger partial charge >= 0.3 is 0 Å². The minimum absolute atomic E-state index is 0.523. The lowest BCUT2D eigenvalue weighted by molar-refractivity contribution is 0.392. The highest BCUT2D eigenvalue weighted by atomic mass is 35.5. The molecule has 2 rings (SSSR count). The molecule has 6 heteroatoms. The van der Waals surface area contributed by atoms with Crippen molar-refractivity contribution >= 4 is 17.3 Å². The molecule has 0 aliphatic rings. The molecule has 1 aromatic heterocycles. The molecule has 0 radical (unpaired) electrons. The van der Waals surface area contributed by atoms with Gasteiger partial charge in [0.15, 0.2) is 5.82 Å². The van der Waals surface area contributed by atoms with E-state index in [9.17, 15) is 0 Å². The standard InChI is InChI=1S/C13H18ClN5/c1-3-9(4-2)8-19-13(16-17-18-19)10-5-6-12(15)11(14)7-10/h5-7,9H,3-4,8,15H2,1-2H3. The smallest absolute Gasteiger partial charge is 0.182 e. The van der Waals surface area contributed by atoms with Gasteiger partial charge in [0, 0.05) is 12.1 Å². The average Bonchev–Trinajstić information content (AvgIpc) is 2.87. The van der Waals surface area contributed by atoms with Crippen LogP contribution in [0.2, 0.25) is 5.02 Å². The van der Waals surface area contributed by atoms with Crippen molar-refractivity contribution in [2.45, 2.75) is 33.2 Å². The van der Waals surface area contributed by atoms with E-state index in [2.05, 4.69) is 29.4 Å². The van der Waals surface area contributed by atoms with Crippen LogP contribution in [0.1, 0.15) is 26.7 Å². The van der Waals surface area contributed by atoms with Gasteiger partial charge in [-0.05, 0) is 34.5 Å². The number of nitrogens with zero attached hydrogens (tertiary/aromatic N) is 4. The first kappa shape index (κ1) is 13.8. The molecule has 0 bridgehead atoms. The fraction of sp³-hybridized carbons (Fsp3) is 0.462. The minimum Gasteiger partial charge on any atom is -0.398 e. The lowest BCUT2D eigenvalue weighted by Gasteiger charge is -2.13. The Bertz CT molecular complexity index is 548. The molecule has 0 aliphatic heterocycles. The number of rotatable bonds is 5. The predicted octanol–water partition coefficient (Wildman–Crippen LogP) is 3.01. The van der Waals surface area contributed by atoms with Crippen molar-refractivity contribution in [2.24, 2.45) is 5.92 Å². The van der Waals surface area contributed by atoms with Crippen molar-refractivity contribution < 1.29 is 0 Å². The van der Waals surface area contributed by atoms with Crippen LogP contribution in [0.5, 0.6) is 0 Å². The first-order valence-corrected chi connectivity index (χ1v) is 6.85. The van der Waals surface area contributed by atoms with Crippen molar-refractivity contribution in [1.29, 1.82) is 0 Å². The zero-order chi connectivity index (χ0) is 13.8. The second-order valence-corrected chi connectivity index (χ2v) is 5.01. The first-order chi connectivity index (χ1) is 9.15. The average molecular weight is 280 g/mol. The van der Waals surface area contributed by atoms with E-state index < -0.39 is 0 Å². The number of hydrogen-bond acceptors (Lipinski definition) is 4. The van der Waals surface area contributed by atoms with Gasteiger partial charge in [-0.2, -0.15) is 0 Å². The number of anilines is 1. The largest absolute Gasteiger partial charge is 0.398 e. The van der Waals surface area contributed by atoms with Gasteiger partial charge in [0.1, 0.15) is 0 Å². The van der Waals surface area contributed by atoms with E-state index in [-0.39, 0.29) is 0 Å². The molecule has 102 valence electrons. The Hall–Kier alpha value is -1.62. The third-order valence-corrected chi connectivity index (χ3v) is 3.70. The highest BCUT2D eigenvalue weighted by Gasteiger charge is 2.13. The van der Waals surface area contributed by atoms with E-state index in [0.29, 0.717) is 16.6 Å². The number of aromatic nitrogens is 4. The van der Waals surface area contributed by atoms with E-state index in [4.69, 9.17) is 17.3 Å². The molecule has 0 aliphatic carbocycles. The van der Waals surface area contributed by atoms with Gasteiger partial charge in [-0.15, -0.1) is 5.10 Å². The zero-order valence-electron chi connectivity index (χ0n) is 11.2. The number of tetrazole rings is 1. The quantitative estimate of drug-likeness (QED) is 0.854. The van der Waals surface area contributed by atoms with Crippen LogP contribution in [-0.4, -0.2) is 20.2 Å². The summed E-state index contributed by atoms with van der Waals surface area (Å²) in [4.78, 5) is 0. The van der Waals surface area contributed by atoms with Crippen LogP contribution in [0.3, 0.4) is 0 Å². The van der Waals surface area contributed by atoms with Crippen molar-refractivity contribution in [3.05, 3.63) is 23.2 Å². The summed E-state index contributed by atoms with van der Waals surface area (Å²) in [6.07, 6.45) is 2.22. The molecule has 2 aromatic rings. The third-order valence-electron chi connectivity index (χ3n) is 3.38. The predicted molar refractivity (Wildman–Crippen MR) is 76.7 cm³/mol. The Balaban J connectivity index is 2.30. The molecule has 0 fully saturated rings. The lowest BCUT2D eigenvalue weighted by atomic mass is 10.0. The number of hydrogen-bond donors (Lipinski definition) is 1. The summed E-state index contributed by atoms with van der Waals surface area (Å²) >= 11 is 6.04. The molecule has 1 heterocycles. The second-order valence-electron chi connectivity index (χ2n) is 4.60. The maximum atomic E-state index is 6.04. The van der Waals surface area contributed by atoms with Crippen LogP contribution in [0.15, 0.2) is 18.2 Å². The molecule has 0 saturated carbocycles. The van der Waals surface area contributed by atoms with E-state index >= 15 is 0 Å². The maximum Gasteiger partial charge on any atom is 0.182 e. The molecule has 1 aromatic carbocycles. The molecule has 0 atom stereocenters. The Morgan fingerprint density at radius 1 is 1.32 bits per heavy atom. The molecule has 0 unspecified atom stereocenters. The van der Waals surface area contributed by atoms with Crippen LogP contribution in [0.4, 0.5) is 5.69 Å². The highest BCUT2D eigenvalue weighted by molar-refractivity contribution is 6.33. The fourth-order valence-electron chi connectivity index (χ4n) is 1.99. The van der Waals surface area contributed by atoms with Crippen LogP contribution in [0.25, 0.3) is 11.4 Å². The van der Waals surface area contributed by atoms with Crippen molar-refractivity contribution in [3.8, 4) is 11.4 Å². The summed E-state index contributed by atoms with van der Waals surface area (Å²) in [5, 5.41) is 12.4. The Morgan fingerprint density at radius 2 is 2.05 bits per heavy atom. The van der Waals surface area contributed by atoms with Crippen LogP contribution in [-0.2, 0) is 6.54 Å². The van der Waals surface area contributed by atoms with E-state index in [0.717, 1.165) is 30.8 Å². The molecule has 0 amide bonds. The van der Waals surface area contributed by atoms with Crippen molar-refractivity contribution in [2.75, 3.05) is 5.73 Å². The Labute approximate surface area is 117 Å². The number of nitrogens with two attached hydrogens (primary N) is 1. The number of nitrogen functional groups attached to an aromatic ring is 1. The molecule has 0 saturated heterocycles. The maximum absolute atomic E-state index is 6.04. The summed E-state index contributed by atoms with van der Waals surface area (Å²) in [5.41, 5.74) is 7.16. The first-order valence-electron chi connectivity index (χ1n) is 6.47. The SMILES string of the molecule is CCC(CC)Cn1nnnc1-c1ccc(N)c(Cl)c1. The normalized spacial score (nSPS) is 11.2. The number of halogens is 1. The summed E-state index contributed by atoms with van der Waals surface area (Å²) in [6.45, 7) is 5.17. The molecule has 5 nitrogen and oxygen atoms in total. The van der Waals surface area contributed by atoms with Gasteiger partial charge in [-0.3, -0.25) is 0 Å². The van der Waals surface area contributed by atoms with E-state index in [1.165, 1.54) is 0 Å². The van der Waals surface area contributed by atoms with Gasteiger partial charge in [0.25, 0.3) is 0 Å². The minimum atomic E-state index is 0.523. The van der Waals surface area contributed by atoms with E-state index in [1.807, 2.05) is 10.7 Å². The third kappa shape index (κ3) is 3.04. The molecular weight excluding hydrogens is 262 g/mol. The summed E-state index contributed by atoms with van der Waals surface area (Å²) in [5.74, 6) is 1.31. The monoisotopic (exact) mass is 279 g/mol. The summed E-state index contributed by atoms with van der Waals surface area (Å²) in [6, 6.07) is 5.45. The fourth-order valence-corrected chi connectivity index (χ4v) is 2.17.